The lowest BCUT2D eigenvalue weighted by Crippen LogP contribution is -2.37. The largest absolute Gasteiger partial charge is 0.444 e. The van der Waals surface area contributed by atoms with Gasteiger partial charge in [-0.3, -0.25) is 9.59 Å². The lowest BCUT2D eigenvalue weighted by molar-refractivity contribution is 0.0526. The Morgan fingerprint density at radius 3 is 1.45 bits per heavy atom. The SMILES string of the molecule is CC(C)Cc1sc(Nc2cccc(C(=O)NCCN)c2)nc1-c1ccc(Cl)c(Cl)c1.CC(C)Cc1sc(Nc2cccc(C(=O)NCCNC(=O)OC(C)(C)C)c2)nc1-c1ccc(Cl)c(Cl)c1. The van der Waals surface area contributed by atoms with Crippen molar-refractivity contribution in [3.63, 3.8) is 0 Å². The molecule has 18 heteroatoms. The van der Waals surface area contributed by atoms with E-state index in [1.54, 1.807) is 85.9 Å². The highest BCUT2D eigenvalue weighted by molar-refractivity contribution is 7.16. The zero-order valence-corrected chi connectivity index (χ0v) is 43.1. The van der Waals surface area contributed by atoms with Crippen molar-refractivity contribution in [2.24, 2.45) is 17.6 Å². The number of nitrogens with one attached hydrogen (secondary N) is 5. The first kappa shape index (κ1) is 53.0. The molecule has 7 N–H and O–H groups in total. The van der Waals surface area contributed by atoms with Crippen molar-refractivity contribution in [1.29, 1.82) is 0 Å². The van der Waals surface area contributed by atoms with Crippen LogP contribution < -0.4 is 32.3 Å². The molecule has 12 nitrogen and oxygen atoms in total. The Bertz CT molecular complexity index is 2650. The van der Waals surface area contributed by atoms with Gasteiger partial charge in [-0.25, -0.2) is 14.8 Å². The van der Waals surface area contributed by atoms with E-state index in [1.807, 2.05) is 42.5 Å². The van der Waals surface area contributed by atoms with E-state index in [0.29, 0.717) is 56.1 Å². The number of anilines is 4. The number of amides is 3. The number of ether oxygens (including phenoxy) is 1. The first-order valence-electron chi connectivity index (χ1n) is 21.7. The summed E-state index contributed by atoms with van der Waals surface area (Å²) in [6.07, 6.45) is 1.25. The lowest BCUT2D eigenvalue weighted by atomic mass is 10.0. The van der Waals surface area contributed by atoms with Gasteiger partial charge in [-0.15, -0.1) is 22.7 Å². The summed E-state index contributed by atoms with van der Waals surface area (Å²) in [7, 11) is 0. The molecular weight excluding hydrogens is 971 g/mol. The molecule has 0 saturated heterocycles. The number of carbonyl (C=O) groups excluding carboxylic acids is 3. The van der Waals surface area contributed by atoms with Crippen LogP contribution in [0.1, 0.15) is 78.9 Å². The molecule has 0 aliphatic heterocycles. The zero-order chi connectivity index (χ0) is 48.8. The molecule has 6 aromatic rings. The summed E-state index contributed by atoms with van der Waals surface area (Å²) >= 11 is 27.8. The number of nitrogens with two attached hydrogens (primary N) is 1. The van der Waals surface area contributed by atoms with Gasteiger partial charge in [-0.2, -0.15) is 0 Å². The molecule has 2 aromatic heterocycles. The van der Waals surface area contributed by atoms with Gasteiger partial charge < -0.3 is 37.1 Å². The van der Waals surface area contributed by atoms with E-state index in [4.69, 9.17) is 66.8 Å². The summed E-state index contributed by atoms with van der Waals surface area (Å²) in [5, 5.41) is 18.3. The molecule has 0 aliphatic carbocycles. The van der Waals surface area contributed by atoms with E-state index < -0.39 is 11.7 Å². The summed E-state index contributed by atoms with van der Waals surface area (Å²) in [5.74, 6) is 0.534. The minimum absolute atomic E-state index is 0.153. The molecule has 6 rings (SSSR count). The van der Waals surface area contributed by atoms with Crippen LogP contribution in [0.2, 0.25) is 20.1 Å². The fraction of sp³-hybridized carbons (Fsp3) is 0.327. The summed E-state index contributed by atoms with van der Waals surface area (Å²) in [6.45, 7) is 15.4. The zero-order valence-electron chi connectivity index (χ0n) is 38.4. The Morgan fingerprint density at radius 2 is 1.04 bits per heavy atom. The van der Waals surface area contributed by atoms with Gasteiger partial charge in [0.2, 0.25) is 0 Å². The fourth-order valence-electron chi connectivity index (χ4n) is 6.33. The normalized spacial score (nSPS) is 11.2. The third-order valence-corrected chi connectivity index (χ3v) is 12.7. The van der Waals surface area contributed by atoms with E-state index in [-0.39, 0.29) is 24.9 Å². The van der Waals surface area contributed by atoms with Gasteiger partial charge in [0, 0.05) is 69.6 Å². The van der Waals surface area contributed by atoms with Crippen LogP contribution >= 0.6 is 69.1 Å². The van der Waals surface area contributed by atoms with E-state index in [2.05, 4.69) is 54.3 Å². The Labute approximate surface area is 420 Å². The number of thiazole rings is 2. The van der Waals surface area contributed by atoms with Gasteiger partial charge in [0.15, 0.2) is 10.3 Å². The van der Waals surface area contributed by atoms with Crippen LogP contribution in [-0.2, 0) is 17.6 Å². The number of rotatable bonds is 17. The topological polar surface area (TPSA) is 172 Å². The number of aromatic nitrogens is 2. The van der Waals surface area contributed by atoms with Crippen molar-refractivity contribution >= 4 is 109 Å². The minimum Gasteiger partial charge on any atom is -0.444 e. The van der Waals surface area contributed by atoms with Crippen LogP contribution in [0.5, 0.6) is 0 Å². The van der Waals surface area contributed by atoms with Crippen LogP contribution in [-0.4, -0.2) is 59.7 Å². The van der Waals surface area contributed by atoms with Crippen LogP contribution in [0.4, 0.5) is 26.4 Å². The van der Waals surface area contributed by atoms with Crippen molar-refractivity contribution in [1.82, 2.24) is 25.9 Å². The maximum Gasteiger partial charge on any atom is 0.407 e. The van der Waals surface area contributed by atoms with Gasteiger partial charge in [-0.1, -0.05) is 98.4 Å². The Morgan fingerprint density at radius 1 is 0.612 bits per heavy atom. The van der Waals surface area contributed by atoms with Gasteiger partial charge in [-0.05, 0) is 106 Å². The molecule has 3 amide bonds. The maximum atomic E-state index is 12.6. The molecule has 0 fully saturated rings. The first-order chi connectivity index (χ1) is 31.8. The molecular formula is C49H56Cl4N8O4S2. The number of carbonyl (C=O) groups is 3. The van der Waals surface area contributed by atoms with Gasteiger partial charge in [0.25, 0.3) is 11.8 Å². The number of alkyl carbamates (subject to hydrolysis) is 1. The molecule has 356 valence electrons. The maximum absolute atomic E-state index is 12.6. The average molecular weight is 1030 g/mol. The van der Waals surface area contributed by atoms with E-state index >= 15 is 0 Å². The standard InChI is InChI=1S/C27H32Cl2N4O3S.C22H24Cl2N4OS/c1-16(2)13-22-23(17-9-10-20(28)21(29)15-17)33-25(37-22)32-19-8-6-7-18(14-19)24(34)30-11-12-31-26(35)36-27(3,4)5;1-13(2)10-19-20(14-6-7-17(23)18(24)12-14)28-22(30-19)27-16-5-3-4-15(11-16)21(29)26-9-8-25/h6-10,14-16H,11-13H2,1-5H3,(H,30,34)(H,31,35)(H,32,33);3-7,11-13H,8-10,25H2,1-2H3,(H,26,29)(H,27,28). The second-order valence-electron chi connectivity index (χ2n) is 17.2. The smallest absolute Gasteiger partial charge is 0.407 e. The summed E-state index contributed by atoms with van der Waals surface area (Å²) in [6, 6.07) is 25.6. The Hall–Kier alpha value is -4.93. The monoisotopic (exact) mass is 1020 g/mol. The van der Waals surface area contributed by atoms with Crippen molar-refractivity contribution in [3.8, 4) is 22.5 Å². The molecule has 0 atom stereocenters. The van der Waals surface area contributed by atoms with Crippen molar-refractivity contribution in [2.45, 2.75) is 66.9 Å². The third kappa shape index (κ3) is 16.7. The molecule has 0 spiro atoms. The average Bonchev–Trinajstić information content (AvgIpc) is 3.84. The summed E-state index contributed by atoms with van der Waals surface area (Å²) < 4.78 is 5.18. The number of halogens is 4. The van der Waals surface area contributed by atoms with Gasteiger partial charge in [0.05, 0.1) is 31.5 Å². The predicted molar refractivity (Wildman–Crippen MR) is 280 cm³/mol. The molecule has 0 aliphatic rings. The van der Waals surface area contributed by atoms with E-state index in [9.17, 15) is 14.4 Å². The van der Waals surface area contributed by atoms with Crippen LogP contribution in [0.3, 0.4) is 0 Å². The van der Waals surface area contributed by atoms with E-state index in [1.165, 1.54) is 4.88 Å². The number of benzene rings is 4. The second-order valence-corrected chi connectivity index (χ2v) is 21.0. The predicted octanol–water partition coefficient (Wildman–Crippen LogP) is 13.1. The Kier molecular flexibility index (Phi) is 19.7. The highest BCUT2D eigenvalue weighted by atomic mass is 35.5. The molecule has 0 saturated carbocycles. The number of hydrogen-bond acceptors (Lipinski definition) is 11. The fourth-order valence-corrected chi connectivity index (χ4v) is 9.36. The molecule has 67 heavy (non-hydrogen) atoms. The van der Waals surface area contributed by atoms with Crippen molar-refractivity contribution in [2.75, 3.05) is 36.8 Å². The number of hydrogen-bond donors (Lipinski definition) is 6. The second kappa shape index (κ2) is 24.9. The minimum atomic E-state index is -0.573. The van der Waals surface area contributed by atoms with Crippen molar-refractivity contribution in [3.05, 3.63) is 126 Å². The number of nitrogens with zero attached hydrogens (tertiary/aromatic N) is 2. The van der Waals surface area contributed by atoms with E-state index in [0.717, 1.165) is 61.9 Å². The summed E-state index contributed by atoms with van der Waals surface area (Å²) in [4.78, 5) is 48.5. The highest BCUT2D eigenvalue weighted by Gasteiger charge is 2.19. The highest BCUT2D eigenvalue weighted by Crippen LogP contribution is 2.38. The third-order valence-electron chi connectivity index (χ3n) is 9.23. The first-order valence-corrected chi connectivity index (χ1v) is 24.8. The quantitative estimate of drug-likeness (QED) is 0.0486. The van der Waals surface area contributed by atoms with Crippen LogP contribution in [0.25, 0.3) is 22.5 Å². The molecule has 4 aromatic carbocycles. The van der Waals surface area contributed by atoms with Crippen molar-refractivity contribution < 1.29 is 19.1 Å². The molecule has 0 unspecified atom stereocenters. The van der Waals surface area contributed by atoms with Gasteiger partial charge in [0.1, 0.15) is 5.60 Å². The molecule has 0 radical (unpaired) electrons. The Balaban J connectivity index is 0.000000256. The van der Waals surface area contributed by atoms with Crippen LogP contribution in [0.15, 0.2) is 84.9 Å². The van der Waals surface area contributed by atoms with Crippen LogP contribution in [0, 0.1) is 11.8 Å². The van der Waals surface area contributed by atoms with Gasteiger partial charge >= 0.3 is 6.09 Å². The molecule has 0 bridgehead atoms. The molecule has 2 heterocycles. The summed E-state index contributed by atoms with van der Waals surface area (Å²) in [5.41, 5.74) is 11.1. The lowest BCUT2D eigenvalue weighted by Gasteiger charge is -2.19.